The molecule has 0 aromatic carbocycles. The Morgan fingerprint density at radius 2 is 2.18 bits per heavy atom. The third kappa shape index (κ3) is 2.31. The number of nitrogens with one attached hydrogen (secondary N) is 1. The first-order valence-electron chi connectivity index (χ1n) is 8.69. The maximum absolute atomic E-state index is 6.10. The van der Waals surface area contributed by atoms with Crippen molar-refractivity contribution < 1.29 is 9.47 Å². The quantitative estimate of drug-likeness (QED) is 0.926. The minimum absolute atomic E-state index is 0.145. The summed E-state index contributed by atoms with van der Waals surface area (Å²) in [5.74, 6) is 0.899. The van der Waals surface area contributed by atoms with Crippen molar-refractivity contribution >= 4 is 5.82 Å². The van der Waals surface area contributed by atoms with Crippen molar-refractivity contribution in [1.82, 2.24) is 9.97 Å². The fourth-order valence-corrected chi connectivity index (χ4v) is 4.17. The van der Waals surface area contributed by atoms with Crippen LogP contribution in [0.3, 0.4) is 0 Å². The molecule has 3 aliphatic rings. The number of ether oxygens (including phenoxy) is 2. The summed E-state index contributed by atoms with van der Waals surface area (Å²) in [4.78, 5) is 9.39. The summed E-state index contributed by atoms with van der Waals surface area (Å²) >= 11 is 0. The van der Waals surface area contributed by atoms with E-state index in [1.807, 2.05) is 6.20 Å². The molecular formula is C17H25N3O2. The molecule has 0 bridgehead atoms. The summed E-state index contributed by atoms with van der Waals surface area (Å²) in [6, 6.07) is 0.294. The Balaban J connectivity index is 1.49. The number of fused-ring (bicyclic) bond motifs is 1. The summed E-state index contributed by atoms with van der Waals surface area (Å²) < 4.78 is 12.0. The van der Waals surface area contributed by atoms with Gasteiger partial charge in [0.15, 0.2) is 0 Å². The number of rotatable bonds is 4. The van der Waals surface area contributed by atoms with Gasteiger partial charge in [0.1, 0.15) is 11.4 Å². The first-order chi connectivity index (χ1) is 10.8. The van der Waals surface area contributed by atoms with Crippen LogP contribution in [0.5, 0.6) is 0 Å². The van der Waals surface area contributed by atoms with Gasteiger partial charge in [0.25, 0.3) is 0 Å². The van der Waals surface area contributed by atoms with Crippen LogP contribution >= 0.6 is 0 Å². The van der Waals surface area contributed by atoms with E-state index in [0.29, 0.717) is 6.04 Å². The van der Waals surface area contributed by atoms with Gasteiger partial charge in [0.05, 0.1) is 29.7 Å². The fraction of sp³-hybridized carbons (Fsp3) is 0.765. The standard InChI is InChI=1S/C17H25N3O2/c1-2-21-15-10-14(17(15)8-5-9-22-17)20-16-11-18-12-6-3-4-7-13(12)19-16/h11,14-15H,2-10H2,1H3,(H,19,20). The lowest BCUT2D eigenvalue weighted by molar-refractivity contribution is -0.184. The van der Waals surface area contributed by atoms with Crippen LogP contribution in [0.2, 0.25) is 0 Å². The average molecular weight is 303 g/mol. The van der Waals surface area contributed by atoms with Gasteiger partial charge in [-0.25, -0.2) is 4.98 Å². The lowest BCUT2D eigenvalue weighted by atomic mass is 9.70. The van der Waals surface area contributed by atoms with E-state index in [0.717, 1.165) is 51.1 Å². The highest BCUT2D eigenvalue weighted by atomic mass is 16.6. The zero-order valence-electron chi connectivity index (χ0n) is 13.3. The van der Waals surface area contributed by atoms with E-state index in [4.69, 9.17) is 14.5 Å². The van der Waals surface area contributed by atoms with Crippen molar-refractivity contribution in [2.45, 2.75) is 69.6 Å². The molecule has 2 fully saturated rings. The van der Waals surface area contributed by atoms with Gasteiger partial charge in [-0.05, 0) is 51.9 Å². The van der Waals surface area contributed by atoms with Crippen LogP contribution in [-0.4, -0.2) is 40.9 Å². The Labute approximate surface area is 131 Å². The summed E-state index contributed by atoms with van der Waals surface area (Å²) in [7, 11) is 0. The van der Waals surface area contributed by atoms with Gasteiger partial charge in [-0.2, -0.15) is 0 Å². The molecule has 5 heteroatoms. The van der Waals surface area contributed by atoms with Crippen LogP contribution < -0.4 is 5.32 Å². The molecule has 5 nitrogen and oxygen atoms in total. The normalized spacial score (nSPS) is 33.5. The van der Waals surface area contributed by atoms with Crippen LogP contribution in [0.4, 0.5) is 5.82 Å². The predicted molar refractivity (Wildman–Crippen MR) is 84.0 cm³/mol. The van der Waals surface area contributed by atoms with E-state index < -0.39 is 0 Å². The van der Waals surface area contributed by atoms with Gasteiger partial charge in [0, 0.05) is 13.2 Å². The molecule has 1 saturated carbocycles. The fourth-order valence-electron chi connectivity index (χ4n) is 4.17. The molecular weight excluding hydrogens is 278 g/mol. The topological polar surface area (TPSA) is 56.3 Å². The monoisotopic (exact) mass is 303 g/mol. The SMILES string of the molecule is CCOC1CC(Nc2cnc3c(n2)CCCC3)C12CCCO2. The second kappa shape index (κ2) is 5.78. The van der Waals surface area contributed by atoms with Crippen molar-refractivity contribution in [3.8, 4) is 0 Å². The zero-order chi connectivity index (χ0) is 15.0. The first kappa shape index (κ1) is 14.4. The Morgan fingerprint density at radius 1 is 1.32 bits per heavy atom. The van der Waals surface area contributed by atoms with Gasteiger partial charge in [0.2, 0.25) is 0 Å². The van der Waals surface area contributed by atoms with E-state index in [1.165, 1.54) is 24.2 Å². The van der Waals surface area contributed by atoms with Gasteiger partial charge >= 0.3 is 0 Å². The van der Waals surface area contributed by atoms with Crippen LogP contribution in [0, 0.1) is 0 Å². The van der Waals surface area contributed by atoms with E-state index in [2.05, 4.69) is 17.2 Å². The summed E-state index contributed by atoms with van der Waals surface area (Å²) in [5.41, 5.74) is 2.22. The molecule has 2 heterocycles. The Hall–Kier alpha value is -1.20. The Morgan fingerprint density at radius 3 is 2.95 bits per heavy atom. The van der Waals surface area contributed by atoms with Gasteiger partial charge in [-0.1, -0.05) is 0 Å². The summed E-state index contributed by atoms with van der Waals surface area (Å²) in [6.45, 7) is 3.65. The van der Waals surface area contributed by atoms with E-state index in [9.17, 15) is 0 Å². The predicted octanol–water partition coefficient (Wildman–Crippen LogP) is 2.49. The molecule has 1 spiro atoms. The minimum Gasteiger partial charge on any atom is -0.375 e. The molecule has 2 aliphatic carbocycles. The van der Waals surface area contributed by atoms with E-state index >= 15 is 0 Å². The Bertz CT molecular complexity index is 543. The Kier molecular flexibility index (Phi) is 3.78. The smallest absolute Gasteiger partial charge is 0.145 e. The van der Waals surface area contributed by atoms with Gasteiger partial charge in [-0.15, -0.1) is 0 Å². The third-order valence-corrected chi connectivity index (χ3v) is 5.37. The molecule has 120 valence electrons. The molecule has 1 aromatic rings. The lowest BCUT2D eigenvalue weighted by Gasteiger charge is -2.52. The molecule has 0 radical (unpaired) electrons. The molecule has 1 N–H and O–H groups in total. The van der Waals surface area contributed by atoms with Gasteiger partial charge < -0.3 is 14.8 Å². The molecule has 4 rings (SSSR count). The lowest BCUT2D eigenvalue weighted by Crippen LogP contribution is -2.66. The van der Waals surface area contributed by atoms with Crippen LogP contribution in [0.1, 0.15) is 50.4 Å². The maximum atomic E-state index is 6.10. The number of aryl methyl sites for hydroxylation is 2. The van der Waals surface area contributed by atoms with Gasteiger partial charge in [-0.3, -0.25) is 4.98 Å². The van der Waals surface area contributed by atoms with Crippen molar-refractivity contribution in [2.24, 2.45) is 0 Å². The molecule has 1 saturated heterocycles. The minimum atomic E-state index is -0.145. The van der Waals surface area contributed by atoms with Crippen LogP contribution in [0.15, 0.2) is 6.20 Å². The molecule has 0 amide bonds. The molecule has 22 heavy (non-hydrogen) atoms. The number of hydrogen-bond donors (Lipinski definition) is 1. The highest BCUT2D eigenvalue weighted by Gasteiger charge is 2.58. The van der Waals surface area contributed by atoms with E-state index in [-0.39, 0.29) is 11.7 Å². The number of anilines is 1. The van der Waals surface area contributed by atoms with Crippen molar-refractivity contribution in [1.29, 1.82) is 0 Å². The largest absolute Gasteiger partial charge is 0.375 e. The zero-order valence-corrected chi connectivity index (χ0v) is 13.3. The van der Waals surface area contributed by atoms with Crippen molar-refractivity contribution in [3.63, 3.8) is 0 Å². The molecule has 1 aromatic heterocycles. The summed E-state index contributed by atoms with van der Waals surface area (Å²) in [6.07, 6.45) is 9.91. The number of hydrogen-bond acceptors (Lipinski definition) is 5. The highest BCUT2D eigenvalue weighted by molar-refractivity contribution is 5.39. The van der Waals surface area contributed by atoms with Crippen LogP contribution in [0.25, 0.3) is 0 Å². The number of nitrogens with zero attached hydrogens (tertiary/aromatic N) is 2. The second-order valence-corrected chi connectivity index (χ2v) is 6.64. The summed E-state index contributed by atoms with van der Waals surface area (Å²) in [5, 5.41) is 3.57. The van der Waals surface area contributed by atoms with Crippen LogP contribution in [-0.2, 0) is 22.3 Å². The maximum Gasteiger partial charge on any atom is 0.145 e. The average Bonchev–Trinajstić information content (AvgIpc) is 3.07. The van der Waals surface area contributed by atoms with E-state index in [1.54, 1.807) is 0 Å². The third-order valence-electron chi connectivity index (χ3n) is 5.37. The molecule has 3 atom stereocenters. The number of aromatic nitrogens is 2. The van der Waals surface area contributed by atoms with Crippen molar-refractivity contribution in [2.75, 3.05) is 18.5 Å². The second-order valence-electron chi connectivity index (χ2n) is 6.64. The highest BCUT2D eigenvalue weighted by Crippen LogP contribution is 2.46. The molecule has 1 aliphatic heterocycles. The molecule has 3 unspecified atom stereocenters. The van der Waals surface area contributed by atoms with Crippen molar-refractivity contribution in [3.05, 3.63) is 17.6 Å². The first-order valence-corrected chi connectivity index (χ1v) is 8.69.